The van der Waals surface area contributed by atoms with E-state index in [2.05, 4.69) is 5.32 Å². The van der Waals surface area contributed by atoms with E-state index in [1.54, 1.807) is 0 Å². The second-order valence-corrected chi connectivity index (χ2v) is 4.84. The molecule has 0 aromatic heterocycles. The lowest BCUT2D eigenvalue weighted by atomic mass is 9.92. The highest BCUT2D eigenvalue weighted by Crippen LogP contribution is 2.33. The minimum absolute atomic E-state index is 0.0934. The Kier molecular flexibility index (Phi) is 3.42. The van der Waals surface area contributed by atoms with E-state index in [1.165, 1.54) is 0 Å². The first kappa shape index (κ1) is 12.7. The molecule has 2 aromatic rings. The Morgan fingerprint density at radius 2 is 1.95 bits per heavy atom. The van der Waals surface area contributed by atoms with Crippen molar-refractivity contribution in [2.24, 2.45) is 0 Å². The molecule has 3 nitrogen and oxygen atoms in total. The standard InChI is InChI=1S/C17H17NO2/c1-2-20-13-9-7-12(8-10-13)17(19)15-11-18-16-6-4-3-5-14(15)16/h3-10,15,18H,2,11H2,1H3. The Bertz CT molecular complexity index is 619. The molecule has 1 atom stereocenters. The van der Waals surface area contributed by atoms with Gasteiger partial charge in [0.05, 0.1) is 12.5 Å². The van der Waals surface area contributed by atoms with Crippen molar-refractivity contribution in [3.63, 3.8) is 0 Å². The maximum absolute atomic E-state index is 12.6. The van der Waals surface area contributed by atoms with Gasteiger partial charge in [-0.2, -0.15) is 0 Å². The average molecular weight is 267 g/mol. The average Bonchev–Trinajstić information content (AvgIpc) is 2.92. The number of hydrogen-bond donors (Lipinski definition) is 1. The molecule has 1 aliphatic rings. The van der Waals surface area contributed by atoms with Crippen molar-refractivity contribution in [2.45, 2.75) is 12.8 Å². The van der Waals surface area contributed by atoms with Crippen LogP contribution in [0.15, 0.2) is 48.5 Å². The fourth-order valence-electron chi connectivity index (χ4n) is 2.60. The molecule has 0 bridgehead atoms. The Balaban J connectivity index is 1.83. The second kappa shape index (κ2) is 5.37. The molecule has 0 saturated heterocycles. The van der Waals surface area contributed by atoms with Crippen molar-refractivity contribution in [1.29, 1.82) is 0 Å². The number of benzene rings is 2. The summed E-state index contributed by atoms with van der Waals surface area (Å²) in [5, 5.41) is 3.29. The van der Waals surface area contributed by atoms with Crippen LogP contribution in [0.3, 0.4) is 0 Å². The molecule has 0 amide bonds. The molecule has 20 heavy (non-hydrogen) atoms. The number of para-hydroxylation sites is 1. The first-order valence-electron chi connectivity index (χ1n) is 6.89. The molecular formula is C17H17NO2. The van der Waals surface area contributed by atoms with E-state index in [1.807, 2.05) is 55.5 Å². The van der Waals surface area contributed by atoms with Crippen LogP contribution in [-0.4, -0.2) is 18.9 Å². The van der Waals surface area contributed by atoms with Gasteiger partial charge in [-0.25, -0.2) is 0 Å². The molecule has 0 spiro atoms. The highest BCUT2D eigenvalue weighted by Gasteiger charge is 2.28. The van der Waals surface area contributed by atoms with Crippen LogP contribution in [0.25, 0.3) is 0 Å². The fourth-order valence-corrected chi connectivity index (χ4v) is 2.60. The van der Waals surface area contributed by atoms with E-state index in [-0.39, 0.29) is 11.7 Å². The largest absolute Gasteiger partial charge is 0.494 e. The van der Waals surface area contributed by atoms with Crippen LogP contribution >= 0.6 is 0 Å². The number of rotatable bonds is 4. The molecule has 1 unspecified atom stereocenters. The van der Waals surface area contributed by atoms with Gasteiger partial charge in [0.2, 0.25) is 0 Å². The van der Waals surface area contributed by atoms with Crippen molar-refractivity contribution in [1.82, 2.24) is 0 Å². The summed E-state index contributed by atoms with van der Waals surface area (Å²) in [6.07, 6.45) is 0. The molecule has 0 aliphatic carbocycles. The van der Waals surface area contributed by atoms with E-state index in [0.29, 0.717) is 13.2 Å². The van der Waals surface area contributed by atoms with Gasteiger partial charge >= 0.3 is 0 Å². The third-order valence-corrected chi connectivity index (χ3v) is 3.60. The summed E-state index contributed by atoms with van der Waals surface area (Å²) in [7, 11) is 0. The summed E-state index contributed by atoms with van der Waals surface area (Å²) in [5.74, 6) is 0.864. The summed E-state index contributed by atoms with van der Waals surface area (Å²) >= 11 is 0. The lowest BCUT2D eigenvalue weighted by Gasteiger charge is -2.10. The molecule has 102 valence electrons. The molecule has 3 heteroatoms. The number of hydrogen-bond acceptors (Lipinski definition) is 3. The maximum Gasteiger partial charge on any atom is 0.172 e. The Morgan fingerprint density at radius 3 is 2.70 bits per heavy atom. The molecule has 2 aromatic carbocycles. The van der Waals surface area contributed by atoms with Gasteiger partial charge in [0, 0.05) is 17.8 Å². The predicted molar refractivity (Wildman–Crippen MR) is 79.6 cm³/mol. The van der Waals surface area contributed by atoms with Gasteiger partial charge in [-0.3, -0.25) is 4.79 Å². The molecule has 1 heterocycles. The van der Waals surface area contributed by atoms with Gasteiger partial charge in [0.25, 0.3) is 0 Å². The third kappa shape index (κ3) is 2.27. The molecule has 0 fully saturated rings. The zero-order chi connectivity index (χ0) is 13.9. The van der Waals surface area contributed by atoms with Crippen LogP contribution in [0, 0.1) is 0 Å². The fraction of sp³-hybridized carbons (Fsp3) is 0.235. The third-order valence-electron chi connectivity index (χ3n) is 3.60. The number of ether oxygens (including phenoxy) is 1. The van der Waals surface area contributed by atoms with Crippen LogP contribution in [0.5, 0.6) is 5.75 Å². The van der Waals surface area contributed by atoms with Gasteiger partial charge in [-0.15, -0.1) is 0 Å². The lowest BCUT2D eigenvalue weighted by molar-refractivity contribution is 0.0966. The predicted octanol–water partition coefficient (Wildman–Crippen LogP) is 3.48. The van der Waals surface area contributed by atoms with Gasteiger partial charge < -0.3 is 10.1 Å². The number of carbonyl (C=O) groups is 1. The van der Waals surface area contributed by atoms with Gasteiger partial charge in [-0.1, -0.05) is 18.2 Å². The van der Waals surface area contributed by atoms with Crippen molar-refractivity contribution in [3.8, 4) is 5.75 Å². The SMILES string of the molecule is CCOc1ccc(C(=O)C2CNc3ccccc32)cc1. The molecule has 0 saturated carbocycles. The topological polar surface area (TPSA) is 38.3 Å². The maximum atomic E-state index is 12.6. The minimum atomic E-state index is -0.0934. The van der Waals surface area contributed by atoms with E-state index in [9.17, 15) is 4.79 Å². The minimum Gasteiger partial charge on any atom is -0.494 e. The van der Waals surface area contributed by atoms with Crippen LogP contribution in [0.4, 0.5) is 5.69 Å². The lowest BCUT2D eigenvalue weighted by Crippen LogP contribution is -2.14. The van der Waals surface area contributed by atoms with Gasteiger partial charge in [-0.05, 0) is 42.8 Å². The summed E-state index contributed by atoms with van der Waals surface area (Å²) in [6.45, 7) is 3.25. The zero-order valence-electron chi connectivity index (χ0n) is 11.4. The van der Waals surface area contributed by atoms with Crippen molar-refractivity contribution in [2.75, 3.05) is 18.5 Å². The molecule has 3 rings (SSSR count). The smallest absolute Gasteiger partial charge is 0.172 e. The van der Waals surface area contributed by atoms with Crippen LogP contribution in [-0.2, 0) is 0 Å². The summed E-state index contributed by atoms with van der Waals surface area (Å²) < 4.78 is 5.40. The van der Waals surface area contributed by atoms with Crippen LogP contribution in [0.2, 0.25) is 0 Å². The number of ketones is 1. The molecular weight excluding hydrogens is 250 g/mol. The first-order chi connectivity index (χ1) is 9.79. The molecule has 1 N–H and O–H groups in total. The zero-order valence-corrected chi connectivity index (χ0v) is 11.4. The highest BCUT2D eigenvalue weighted by molar-refractivity contribution is 6.03. The molecule has 1 aliphatic heterocycles. The van der Waals surface area contributed by atoms with Crippen molar-refractivity contribution in [3.05, 3.63) is 59.7 Å². The number of anilines is 1. The number of fused-ring (bicyclic) bond motifs is 1. The van der Waals surface area contributed by atoms with E-state index < -0.39 is 0 Å². The number of carbonyl (C=O) groups excluding carboxylic acids is 1. The Labute approximate surface area is 118 Å². The second-order valence-electron chi connectivity index (χ2n) is 4.84. The van der Waals surface area contributed by atoms with E-state index >= 15 is 0 Å². The van der Waals surface area contributed by atoms with Gasteiger partial charge in [0.1, 0.15) is 5.75 Å². The van der Waals surface area contributed by atoms with Crippen LogP contribution < -0.4 is 10.1 Å². The quantitative estimate of drug-likeness (QED) is 0.862. The van der Waals surface area contributed by atoms with Gasteiger partial charge in [0.15, 0.2) is 5.78 Å². The molecule has 0 radical (unpaired) electrons. The van der Waals surface area contributed by atoms with Crippen molar-refractivity contribution >= 4 is 11.5 Å². The Hall–Kier alpha value is -2.29. The number of Topliss-reactive ketones (excluding diaryl/α,β-unsaturated/α-hetero) is 1. The van der Waals surface area contributed by atoms with E-state index in [0.717, 1.165) is 22.6 Å². The summed E-state index contributed by atoms with van der Waals surface area (Å²) in [6, 6.07) is 15.4. The van der Waals surface area contributed by atoms with E-state index in [4.69, 9.17) is 4.74 Å². The first-order valence-corrected chi connectivity index (χ1v) is 6.89. The van der Waals surface area contributed by atoms with Crippen molar-refractivity contribution < 1.29 is 9.53 Å². The summed E-state index contributed by atoms with van der Waals surface area (Å²) in [5.41, 5.74) is 2.89. The number of nitrogens with one attached hydrogen (secondary N) is 1. The highest BCUT2D eigenvalue weighted by atomic mass is 16.5. The summed E-state index contributed by atoms with van der Waals surface area (Å²) in [4.78, 5) is 12.6. The van der Waals surface area contributed by atoms with Crippen LogP contribution in [0.1, 0.15) is 28.8 Å². The Morgan fingerprint density at radius 1 is 1.20 bits per heavy atom. The monoisotopic (exact) mass is 267 g/mol. The normalized spacial score (nSPS) is 16.4.